The largest absolute Gasteiger partial charge is 0.309 e. The Kier molecular flexibility index (Phi) is 19.1. The molecule has 6 heteroatoms. The van der Waals surface area contributed by atoms with Crippen LogP contribution < -0.4 is 0 Å². The molecule has 6 aromatic heterocycles. The van der Waals surface area contributed by atoms with Crippen molar-refractivity contribution in [2.45, 2.75) is 57.8 Å². The normalized spacial score (nSPS) is 13.4. The highest BCUT2D eigenvalue weighted by Crippen LogP contribution is 2.61. The minimum atomic E-state index is -0.253. The molecular formula is C141H100N6. The summed E-state index contributed by atoms with van der Waals surface area (Å²) in [7, 11) is 0. The van der Waals surface area contributed by atoms with E-state index in [0.29, 0.717) is 0 Å². The molecule has 147 heavy (non-hydrogen) atoms. The first-order valence-electron chi connectivity index (χ1n) is 51.4. The summed E-state index contributed by atoms with van der Waals surface area (Å²) in [5, 5.41) is 15.8. The summed E-state index contributed by atoms with van der Waals surface area (Å²) in [6.07, 6.45) is 0. The standard InChI is InChI=1S/C51H36N2.2C45H32N2/c1-51(2)49-39(28-30-45-47(49)41-20-9-11-22-43(41)52(45)37-26-24-35(25-27-37)33-14-5-3-6-15-33)40-29-31-46-48(50(40)51)42-21-10-12-23-44(42)53(46)38-19-13-18-36(32-38)34-16-7-4-8-17-34;1-45(2)39-27-43-37(33-17-9-11-19-41(33)46(43)31-15-7-4-8-16-31)25-35(39)36-26-38-34-18-10-12-20-42(34)47(44(38)28-40(36)45)32-23-21-30(22-24-32)29-13-5-3-6-14-29;1-45(2)43-33(25-27-39-41(43)35-17-9-11-19-37(35)46(39)31-15-7-4-8-16-31)34-26-28-40-42(44(34)45)36-18-10-12-20-38(36)47(40)32-23-21-30(22-24-32)29-13-5-3-6-14-29/h3-32H,1-2H3;2*3-28H,1-2H3. The Labute approximate surface area is 852 Å². The number of fused-ring (bicyclic) bond motifs is 31. The number of hydrogen-bond donors (Lipinski definition) is 0. The highest BCUT2D eigenvalue weighted by atomic mass is 15.0. The Morgan fingerprint density at radius 2 is 0.347 bits per heavy atom. The molecule has 22 aromatic carbocycles. The molecule has 0 fully saturated rings. The quantitative estimate of drug-likeness (QED) is 0.131. The number of rotatable bonds is 10. The second-order valence-corrected chi connectivity index (χ2v) is 41.7. The van der Waals surface area contributed by atoms with Gasteiger partial charge in [-0.05, 0) is 269 Å². The van der Waals surface area contributed by atoms with Gasteiger partial charge in [0.25, 0.3) is 0 Å². The zero-order valence-electron chi connectivity index (χ0n) is 82.5. The second kappa shape index (κ2) is 32.8. The van der Waals surface area contributed by atoms with Gasteiger partial charge in [0, 0.05) is 115 Å². The number of aromatic nitrogens is 6. The van der Waals surface area contributed by atoms with Gasteiger partial charge in [-0.1, -0.05) is 381 Å². The molecule has 0 radical (unpaired) electrons. The lowest BCUT2D eigenvalue weighted by Gasteiger charge is -2.24. The van der Waals surface area contributed by atoms with Crippen LogP contribution in [0, 0.1) is 0 Å². The van der Waals surface area contributed by atoms with Gasteiger partial charge in [-0.3, -0.25) is 0 Å². The Bertz CT molecular complexity index is 10300. The molecule has 0 aliphatic heterocycles. The fourth-order valence-corrected chi connectivity index (χ4v) is 26.2. The fraction of sp³-hybridized carbons (Fsp3) is 0.0638. The summed E-state index contributed by atoms with van der Waals surface area (Å²) in [6.45, 7) is 14.6. The summed E-state index contributed by atoms with van der Waals surface area (Å²) in [4.78, 5) is 0. The van der Waals surface area contributed by atoms with Crippen molar-refractivity contribution in [1.29, 1.82) is 0 Å². The maximum absolute atomic E-state index is 2.48. The van der Waals surface area contributed by atoms with Gasteiger partial charge in [-0.2, -0.15) is 0 Å². The van der Waals surface area contributed by atoms with E-state index in [1.807, 2.05) is 0 Å². The van der Waals surface area contributed by atoms with Crippen LogP contribution in [0.3, 0.4) is 0 Å². The molecule has 0 amide bonds. The van der Waals surface area contributed by atoms with E-state index in [4.69, 9.17) is 0 Å². The molecular weight excluding hydrogens is 1780 g/mol. The highest BCUT2D eigenvalue weighted by molar-refractivity contribution is 6.22. The zero-order valence-corrected chi connectivity index (χ0v) is 82.5. The Morgan fingerprint density at radius 3 is 0.646 bits per heavy atom. The van der Waals surface area contributed by atoms with Crippen LogP contribution in [0.5, 0.6) is 0 Å². The lowest BCUT2D eigenvalue weighted by molar-refractivity contribution is 0.661. The first-order valence-corrected chi connectivity index (χ1v) is 51.4. The predicted molar refractivity (Wildman–Crippen MR) is 620 cm³/mol. The first-order chi connectivity index (χ1) is 72.3. The molecule has 6 nitrogen and oxygen atoms in total. The average Bonchev–Trinajstić information content (AvgIpc) is 1.52. The van der Waals surface area contributed by atoms with Crippen molar-refractivity contribution in [2.24, 2.45) is 0 Å². The minimum absolute atomic E-state index is 0.163. The van der Waals surface area contributed by atoms with Crippen molar-refractivity contribution in [3.05, 3.63) is 531 Å². The SMILES string of the molecule is CC1(C)c2c(ccc3c2c2ccccc2n3-c2ccc(-c3ccccc3)cc2)-c2ccc3c(c21)c1ccccc1n3-c1cccc(-c2ccccc2)c1.CC1(C)c2c(ccc3c2c2ccccc2n3-c2ccccc2)-c2ccc3c(c21)c1ccccc1n3-c1ccc(-c2ccccc2)cc1.CC1(C)c2cc3c(cc2-c2cc4c5ccccc5n(-c5ccc(-c6ccccc6)cc5)c4cc21)c1ccccc1n3-c1ccccc1. The van der Waals surface area contributed by atoms with Crippen LogP contribution in [0.15, 0.2) is 497 Å². The average molecular weight is 1880 g/mol. The van der Waals surface area contributed by atoms with E-state index in [0.717, 1.165) is 0 Å². The van der Waals surface area contributed by atoms with Gasteiger partial charge >= 0.3 is 0 Å². The van der Waals surface area contributed by atoms with Crippen molar-refractivity contribution < 1.29 is 0 Å². The van der Waals surface area contributed by atoms with Crippen LogP contribution in [-0.4, -0.2) is 27.4 Å². The topological polar surface area (TPSA) is 29.6 Å². The number of hydrogen-bond acceptors (Lipinski definition) is 0. The maximum Gasteiger partial charge on any atom is 0.0544 e. The molecule has 28 aromatic rings. The van der Waals surface area contributed by atoms with E-state index < -0.39 is 0 Å². The summed E-state index contributed by atoms with van der Waals surface area (Å²) >= 11 is 0. The van der Waals surface area contributed by atoms with Crippen molar-refractivity contribution >= 4 is 131 Å². The van der Waals surface area contributed by atoms with Gasteiger partial charge in [0.2, 0.25) is 0 Å². The van der Waals surface area contributed by atoms with E-state index in [2.05, 4.69) is 566 Å². The number of para-hydroxylation sites is 8. The number of benzene rings is 22. The van der Waals surface area contributed by atoms with Gasteiger partial charge in [0.15, 0.2) is 0 Å². The smallest absolute Gasteiger partial charge is 0.0544 e. The second-order valence-electron chi connectivity index (χ2n) is 41.7. The molecule has 0 unspecified atom stereocenters. The molecule has 694 valence electrons. The van der Waals surface area contributed by atoms with Crippen LogP contribution in [0.4, 0.5) is 0 Å². The van der Waals surface area contributed by atoms with Crippen LogP contribution in [0.2, 0.25) is 0 Å². The van der Waals surface area contributed by atoms with E-state index in [9.17, 15) is 0 Å². The van der Waals surface area contributed by atoms with Gasteiger partial charge in [-0.25, -0.2) is 0 Å². The first kappa shape index (κ1) is 85.4. The molecule has 0 saturated carbocycles. The Hall–Kier alpha value is -18.4. The molecule has 0 atom stereocenters. The summed E-state index contributed by atoms with van der Waals surface area (Å²) < 4.78 is 14.7. The molecule has 3 aliphatic rings. The third-order valence-electron chi connectivity index (χ3n) is 32.6. The van der Waals surface area contributed by atoms with Gasteiger partial charge in [0.1, 0.15) is 0 Å². The summed E-state index contributed by atoms with van der Waals surface area (Å²) in [5.74, 6) is 0. The van der Waals surface area contributed by atoms with E-state index in [1.165, 1.54) is 276 Å². The summed E-state index contributed by atoms with van der Waals surface area (Å²) in [5.41, 5.74) is 47.7. The van der Waals surface area contributed by atoms with Crippen molar-refractivity contribution in [1.82, 2.24) is 27.4 Å². The van der Waals surface area contributed by atoms with Gasteiger partial charge in [-0.15, -0.1) is 0 Å². The highest BCUT2D eigenvalue weighted by Gasteiger charge is 2.44. The van der Waals surface area contributed by atoms with Crippen LogP contribution >= 0.6 is 0 Å². The van der Waals surface area contributed by atoms with Crippen LogP contribution in [0.25, 0.3) is 243 Å². The lowest BCUT2D eigenvalue weighted by Crippen LogP contribution is -2.16. The van der Waals surface area contributed by atoms with E-state index >= 15 is 0 Å². The number of nitrogens with zero attached hydrogens (tertiary/aromatic N) is 6. The van der Waals surface area contributed by atoms with Crippen LogP contribution in [-0.2, 0) is 16.2 Å². The van der Waals surface area contributed by atoms with Crippen LogP contribution in [0.1, 0.15) is 74.9 Å². The monoisotopic (exact) mass is 1880 g/mol. The molecule has 0 N–H and O–H groups in total. The molecule has 6 heterocycles. The molecule has 0 spiro atoms. The maximum atomic E-state index is 2.48. The van der Waals surface area contributed by atoms with Crippen molar-refractivity contribution in [3.63, 3.8) is 0 Å². The lowest BCUT2D eigenvalue weighted by atomic mass is 9.79. The van der Waals surface area contributed by atoms with Gasteiger partial charge in [0.05, 0.1) is 66.2 Å². The fourth-order valence-electron chi connectivity index (χ4n) is 26.2. The van der Waals surface area contributed by atoms with E-state index in [1.54, 1.807) is 0 Å². The third-order valence-corrected chi connectivity index (χ3v) is 32.6. The minimum Gasteiger partial charge on any atom is -0.309 e. The Balaban J connectivity index is 0.000000104. The Morgan fingerprint density at radius 1 is 0.129 bits per heavy atom. The molecule has 0 bridgehead atoms. The zero-order chi connectivity index (χ0) is 97.8. The van der Waals surface area contributed by atoms with Crippen molar-refractivity contribution in [2.75, 3.05) is 0 Å². The van der Waals surface area contributed by atoms with Crippen molar-refractivity contribution in [3.8, 4) is 112 Å². The van der Waals surface area contributed by atoms with E-state index in [-0.39, 0.29) is 16.2 Å². The third kappa shape index (κ3) is 12.9. The predicted octanol–water partition coefficient (Wildman–Crippen LogP) is 37.2. The molecule has 3 aliphatic carbocycles. The van der Waals surface area contributed by atoms with Gasteiger partial charge < -0.3 is 27.4 Å². The molecule has 0 saturated heterocycles. The molecule has 31 rings (SSSR count). The summed E-state index contributed by atoms with van der Waals surface area (Å²) in [6, 6.07) is 182.